The minimum Gasteiger partial charge on any atom is -0.492 e. The number of methoxy groups -OCH3 is 1. The Morgan fingerprint density at radius 3 is 2.82 bits per heavy atom. The third kappa shape index (κ3) is 4.71. The molecule has 2 atom stereocenters. The van der Waals surface area contributed by atoms with Gasteiger partial charge in [-0.25, -0.2) is 0 Å². The molecule has 0 spiro atoms. The number of hydrogen-bond donors (Lipinski definition) is 1. The van der Waals surface area contributed by atoms with Crippen LogP contribution in [0.25, 0.3) is 0 Å². The molecule has 96 valence electrons. The lowest BCUT2D eigenvalue weighted by Gasteiger charge is -2.17. The molecule has 0 amide bonds. The third-order valence-corrected chi connectivity index (χ3v) is 2.58. The molecule has 0 saturated heterocycles. The second-order valence-electron chi connectivity index (χ2n) is 4.29. The summed E-state index contributed by atoms with van der Waals surface area (Å²) in [5.41, 5.74) is 7.15. The van der Waals surface area contributed by atoms with E-state index in [2.05, 4.69) is 11.9 Å². The average Bonchev–Trinajstić information content (AvgIpc) is 2.30. The van der Waals surface area contributed by atoms with Gasteiger partial charge in [-0.15, -0.1) is 0 Å². The number of hydrogen-bond acceptors (Lipinski definition) is 4. The highest BCUT2D eigenvalue weighted by Gasteiger charge is 2.12. The lowest BCUT2D eigenvalue weighted by molar-refractivity contribution is 0.152. The van der Waals surface area contributed by atoms with E-state index < -0.39 is 0 Å². The van der Waals surface area contributed by atoms with Crippen molar-refractivity contribution in [2.45, 2.75) is 26.3 Å². The number of rotatable bonds is 7. The van der Waals surface area contributed by atoms with Crippen molar-refractivity contribution in [3.8, 4) is 5.75 Å². The number of ether oxygens (including phenoxy) is 2. The molecule has 0 aliphatic rings. The second kappa shape index (κ2) is 7.25. The summed E-state index contributed by atoms with van der Waals surface area (Å²) in [6.45, 7) is 5.45. The quantitative estimate of drug-likeness (QED) is 0.790. The van der Waals surface area contributed by atoms with Crippen LogP contribution in [-0.2, 0) is 4.74 Å². The standard InChI is InChI=1S/C13H22N2O2/c1-4-17-12-6-11(7-15-8-12)13(14)5-10(2)9-16-3/h6-8,10,13H,4-5,9,14H2,1-3H3. The van der Waals surface area contributed by atoms with Crippen molar-refractivity contribution in [1.29, 1.82) is 0 Å². The SMILES string of the molecule is CCOc1cncc(C(N)CC(C)COC)c1. The molecule has 1 aromatic heterocycles. The predicted octanol–water partition coefficient (Wildman–Crippen LogP) is 2.15. The van der Waals surface area contributed by atoms with E-state index >= 15 is 0 Å². The van der Waals surface area contributed by atoms with Crippen molar-refractivity contribution >= 4 is 0 Å². The van der Waals surface area contributed by atoms with Gasteiger partial charge in [-0.05, 0) is 30.9 Å². The van der Waals surface area contributed by atoms with Crippen LogP contribution in [0.4, 0.5) is 0 Å². The Balaban J connectivity index is 2.61. The molecule has 2 N–H and O–H groups in total. The van der Waals surface area contributed by atoms with Crippen LogP contribution in [0.1, 0.15) is 31.9 Å². The Kier molecular flexibility index (Phi) is 5.94. The first-order chi connectivity index (χ1) is 8.17. The van der Waals surface area contributed by atoms with Crippen LogP contribution in [0.5, 0.6) is 5.75 Å². The lowest BCUT2D eigenvalue weighted by atomic mass is 9.98. The maximum Gasteiger partial charge on any atom is 0.137 e. The predicted molar refractivity (Wildman–Crippen MR) is 68.0 cm³/mol. The van der Waals surface area contributed by atoms with E-state index in [0.717, 1.165) is 24.3 Å². The zero-order chi connectivity index (χ0) is 12.7. The van der Waals surface area contributed by atoms with Gasteiger partial charge in [0.1, 0.15) is 5.75 Å². The summed E-state index contributed by atoms with van der Waals surface area (Å²) >= 11 is 0. The maximum atomic E-state index is 6.14. The normalized spacial score (nSPS) is 14.4. The first kappa shape index (κ1) is 13.9. The van der Waals surface area contributed by atoms with Gasteiger partial charge >= 0.3 is 0 Å². The smallest absolute Gasteiger partial charge is 0.137 e. The zero-order valence-electron chi connectivity index (χ0n) is 10.8. The first-order valence-corrected chi connectivity index (χ1v) is 5.99. The van der Waals surface area contributed by atoms with Gasteiger partial charge in [0.05, 0.1) is 12.8 Å². The van der Waals surface area contributed by atoms with Crippen LogP contribution >= 0.6 is 0 Å². The number of nitrogens with two attached hydrogens (primary N) is 1. The van der Waals surface area contributed by atoms with Crippen LogP contribution in [0.2, 0.25) is 0 Å². The van der Waals surface area contributed by atoms with Crippen molar-refractivity contribution in [3.05, 3.63) is 24.0 Å². The monoisotopic (exact) mass is 238 g/mol. The summed E-state index contributed by atoms with van der Waals surface area (Å²) in [4.78, 5) is 4.14. The zero-order valence-corrected chi connectivity index (χ0v) is 10.8. The molecular weight excluding hydrogens is 216 g/mol. The number of pyridine rings is 1. The van der Waals surface area contributed by atoms with Crippen molar-refractivity contribution in [2.75, 3.05) is 20.3 Å². The molecule has 1 rings (SSSR count). The summed E-state index contributed by atoms with van der Waals surface area (Å²) in [6, 6.07) is 1.94. The fourth-order valence-electron chi connectivity index (χ4n) is 1.81. The molecule has 0 fully saturated rings. The van der Waals surface area contributed by atoms with Gasteiger partial charge in [-0.3, -0.25) is 4.98 Å². The van der Waals surface area contributed by atoms with Crippen LogP contribution in [0, 0.1) is 5.92 Å². The van der Waals surface area contributed by atoms with Gasteiger partial charge in [0.25, 0.3) is 0 Å². The van der Waals surface area contributed by atoms with Crippen molar-refractivity contribution in [2.24, 2.45) is 11.7 Å². The Morgan fingerprint density at radius 1 is 1.41 bits per heavy atom. The summed E-state index contributed by atoms with van der Waals surface area (Å²) in [7, 11) is 1.71. The molecule has 4 nitrogen and oxygen atoms in total. The van der Waals surface area contributed by atoms with Crippen molar-refractivity contribution in [1.82, 2.24) is 4.98 Å². The fraction of sp³-hybridized carbons (Fsp3) is 0.615. The third-order valence-electron chi connectivity index (χ3n) is 2.58. The molecular formula is C13H22N2O2. The van der Waals surface area contributed by atoms with Crippen molar-refractivity contribution < 1.29 is 9.47 Å². The molecule has 0 aromatic carbocycles. The van der Waals surface area contributed by atoms with Crippen LogP contribution in [0.15, 0.2) is 18.5 Å². The molecule has 4 heteroatoms. The molecule has 0 aliphatic heterocycles. The van der Waals surface area contributed by atoms with Crippen LogP contribution in [0.3, 0.4) is 0 Å². The van der Waals surface area contributed by atoms with E-state index in [1.807, 2.05) is 13.0 Å². The van der Waals surface area contributed by atoms with Gasteiger partial charge in [-0.1, -0.05) is 6.92 Å². The molecule has 17 heavy (non-hydrogen) atoms. The molecule has 0 saturated carbocycles. The van der Waals surface area contributed by atoms with Gasteiger partial charge in [0, 0.05) is 26.0 Å². The Bertz CT molecular complexity index is 331. The topological polar surface area (TPSA) is 57.4 Å². The van der Waals surface area contributed by atoms with E-state index in [-0.39, 0.29) is 6.04 Å². The Hall–Kier alpha value is -1.13. The molecule has 2 unspecified atom stereocenters. The van der Waals surface area contributed by atoms with Crippen molar-refractivity contribution in [3.63, 3.8) is 0 Å². The minimum atomic E-state index is -0.0203. The van der Waals surface area contributed by atoms with E-state index in [0.29, 0.717) is 12.5 Å². The lowest BCUT2D eigenvalue weighted by Crippen LogP contribution is -2.17. The van der Waals surface area contributed by atoms with Crippen LogP contribution in [-0.4, -0.2) is 25.3 Å². The molecule has 0 aliphatic carbocycles. The molecule has 0 bridgehead atoms. The fourth-order valence-corrected chi connectivity index (χ4v) is 1.81. The van der Waals surface area contributed by atoms with E-state index in [1.165, 1.54) is 0 Å². The van der Waals surface area contributed by atoms with E-state index in [4.69, 9.17) is 15.2 Å². The second-order valence-corrected chi connectivity index (χ2v) is 4.29. The first-order valence-electron chi connectivity index (χ1n) is 5.99. The minimum absolute atomic E-state index is 0.0203. The highest BCUT2D eigenvalue weighted by atomic mass is 16.5. The highest BCUT2D eigenvalue weighted by molar-refractivity contribution is 5.25. The van der Waals surface area contributed by atoms with Gasteiger partial charge in [-0.2, -0.15) is 0 Å². The Labute approximate surface area is 103 Å². The van der Waals surface area contributed by atoms with E-state index in [9.17, 15) is 0 Å². The molecule has 1 aromatic rings. The summed E-state index contributed by atoms with van der Waals surface area (Å²) in [5, 5.41) is 0. The maximum absolute atomic E-state index is 6.14. The van der Waals surface area contributed by atoms with Gasteiger partial charge in [0.2, 0.25) is 0 Å². The molecule has 0 radical (unpaired) electrons. The average molecular weight is 238 g/mol. The van der Waals surface area contributed by atoms with Gasteiger partial charge < -0.3 is 15.2 Å². The number of nitrogens with zero attached hydrogens (tertiary/aromatic N) is 1. The van der Waals surface area contributed by atoms with E-state index in [1.54, 1.807) is 19.5 Å². The van der Waals surface area contributed by atoms with Crippen LogP contribution < -0.4 is 10.5 Å². The Morgan fingerprint density at radius 2 is 2.18 bits per heavy atom. The summed E-state index contributed by atoms with van der Waals surface area (Å²) in [5.74, 6) is 1.21. The number of aromatic nitrogens is 1. The summed E-state index contributed by atoms with van der Waals surface area (Å²) < 4.78 is 10.5. The summed E-state index contributed by atoms with van der Waals surface area (Å²) in [6.07, 6.45) is 4.39. The van der Waals surface area contributed by atoms with Gasteiger partial charge in [0.15, 0.2) is 0 Å². The highest BCUT2D eigenvalue weighted by Crippen LogP contribution is 2.21. The largest absolute Gasteiger partial charge is 0.492 e. The molecule has 1 heterocycles.